The lowest BCUT2D eigenvalue weighted by molar-refractivity contribution is -0.234. The molecule has 1 aromatic carbocycles. The van der Waals surface area contributed by atoms with Crippen LogP contribution in [0.15, 0.2) is 30.3 Å². The minimum absolute atomic E-state index is 0.327. The molecule has 2 rings (SSSR count). The lowest BCUT2D eigenvalue weighted by Gasteiger charge is -2.26. The molecule has 0 aliphatic carbocycles. The molecule has 0 amide bonds. The topological polar surface area (TPSA) is 44.8 Å². The lowest BCUT2D eigenvalue weighted by atomic mass is 10.1. The van der Waals surface area contributed by atoms with Crippen LogP contribution in [0.3, 0.4) is 0 Å². The van der Waals surface area contributed by atoms with Crippen molar-refractivity contribution < 1.29 is 19.0 Å². The van der Waals surface area contributed by atoms with Crippen LogP contribution < -0.4 is 0 Å². The van der Waals surface area contributed by atoms with E-state index in [4.69, 9.17) is 14.2 Å². The van der Waals surface area contributed by atoms with Crippen molar-refractivity contribution in [3.05, 3.63) is 35.9 Å². The largest absolute Gasteiger partial charge is 0.373 e. The summed E-state index contributed by atoms with van der Waals surface area (Å²) in [5.74, 6) is 0. The van der Waals surface area contributed by atoms with Gasteiger partial charge in [-0.3, -0.25) is 0 Å². The first-order valence-electron chi connectivity index (χ1n) is 6.22. The Hall–Kier alpha value is -1.23. The van der Waals surface area contributed by atoms with Crippen molar-refractivity contribution in [2.24, 2.45) is 0 Å². The van der Waals surface area contributed by atoms with Crippen LogP contribution in [0.5, 0.6) is 0 Å². The van der Waals surface area contributed by atoms with Crippen LogP contribution in [0.2, 0.25) is 0 Å². The van der Waals surface area contributed by atoms with Gasteiger partial charge in [0.1, 0.15) is 6.10 Å². The van der Waals surface area contributed by atoms with Gasteiger partial charge in [0, 0.05) is 0 Å². The third-order valence-corrected chi connectivity index (χ3v) is 2.77. The van der Waals surface area contributed by atoms with Crippen molar-refractivity contribution in [2.75, 3.05) is 19.8 Å². The maximum absolute atomic E-state index is 10.6. The summed E-state index contributed by atoms with van der Waals surface area (Å²) in [4.78, 5) is 10.6. The Morgan fingerprint density at radius 2 is 2.11 bits per heavy atom. The number of rotatable bonds is 6. The van der Waals surface area contributed by atoms with Crippen LogP contribution >= 0.6 is 0 Å². The summed E-state index contributed by atoms with van der Waals surface area (Å²) < 4.78 is 16.1. The predicted molar refractivity (Wildman–Crippen MR) is 66.3 cm³/mol. The Morgan fingerprint density at radius 3 is 2.89 bits per heavy atom. The first-order chi connectivity index (χ1) is 8.88. The van der Waals surface area contributed by atoms with E-state index in [1.807, 2.05) is 18.2 Å². The van der Waals surface area contributed by atoms with E-state index in [0.717, 1.165) is 19.1 Å². The number of hydrogen-bond acceptors (Lipinski definition) is 4. The molecule has 4 nitrogen and oxygen atoms in total. The van der Waals surface area contributed by atoms with E-state index >= 15 is 0 Å². The van der Waals surface area contributed by atoms with Gasteiger partial charge in [-0.15, -0.1) is 0 Å². The van der Waals surface area contributed by atoms with Crippen molar-refractivity contribution in [3.63, 3.8) is 0 Å². The molecule has 1 fully saturated rings. The average Bonchev–Trinajstić information content (AvgIpc) is 2.45. The number of aldehydes is 1. The summed E-state index contributed by atoms with van der Waals surface area (Å²) in [6, 6.07) is 10.3. The molecule has 1 aliphatic rings. The van der Waals surface area contributed by atoms with E-state index in [9.17, 15) is 4.79 Å². The molecule has 0 saturated carbocycles. The molecular formula is C14H18O4. The number of hydrogen-bond donors (Lipinski definition) is 0. The summed E-state index contributed by atoms with van der Waals surface area (Å²) in [5.41, 5.74) is 1.30. The molecule has 0 radical (unpaired) electrons. The van der Waals surface area contributed by atoms with Crippen LogP contribution in [0.1, 0.15) is 12.0 Å². The standard InChI is InChI=1S/C14H18O4/c15-9-13-10-16-11-14(18-13)17-8-4-7-12-5-2-1-3-6-12/h1-3,5-6,9,13-14H,4,7-8,10-11H2. The Labute approximate surface area is 107 Å². The first kappa shape index (κ1) is 13.2. The molecule has 1 saturated heterocycles. The highest BCUT2D eigenvalue weighted by Gasteiger charge is 2.22. The molecule has 2 unspecified atom stereocenters. The van der Waals surface area contributed by atoms with Gasteiger partial charge in [-0.2, -0.15) is 0 Å². The van der Waals surface area contributed by atoms with E-state index in [2.05, 4.69) is 12.1 Å². The van der Waals surface area contributed by atoms with Crippen LogP contribution in [0, 0.1) is 0 Å². The fourth-order valence-corrected chi connectivity index (χ4v) is 1.85. The molecule has 1 aromatic rings. The summed E-state index contributed by atoms with van der Waals surface area (Å²) in [6.07, 6.45) is 1.75. The van der Waals surface area contributed by atoms with Gasteiger partial charge < -0.3 is 19.0 Å². The van der Waals surface area contributed by atoms with E-state index in [1.165, 1.54) is 5.56 Å². The van der Waals surface area contributed by atoms with Gasteiger partial charge in [0.05, 0.1) is 19.8 Å². The van der Waals surface area contributed by atoms with Crippen molar-refractivity contribution in [3.8, 4) is 0 Å². The SMILES string of the molecule is O=CC1COCC(OCCCc2ccccc2)O1. The van der Waals surface area contributed by atoms with E-state index in [0.29, 0.717) is 19.8 Å². The molecule has 98 valence electrons. The zero-order valence-electron chi connectivity index (χ0n) is 10.3. The highest BCUT2D eigenvalue weighted by Crippen LogP contribution is 2.09. The number of carbonyl (C=O) groups is 1. The molecule has 18 heavy (non-hydrogen) atoms. The third kappa shape index (κ3) is 4.22. The van der Waals surface area contributed by atoms with Gasteiger partial charge in [-0.25, -0.2) is 0 Å². The Bertz CT molecular complexity index is 352. The molecule has 1 aliphatic heterocycles. The van der Waals surface area contributed by atoms with E-state index in [-0.39, 0.29) is 0 Å². The molecule has 1 heterocycles. The van der Waals surface area contributed by atoms with Crippen molar-refractivity contribution in [1.82, 2.24) is 0 Å². The van der Waals surface area contributed by atoms with Gasteiger partial charge >= 0.3 is 0 Å². The molecule has 0 N–H and O–H groups in total. The minimum Gasteiger partial charge on any atom is -0.373 e. The molecule has 2 atom stereocenters. The average molecular weight is 250 g/mol. The summed E-state index contributed by atoms with van der Waals surface area (Å²) in [5, 5.41) is 0. The van der Waals surface area contributed by atoms with Crippen molar-refractivity contribution in [1.29, 1.82) is 0 Å². The van der Waals surface area contributed by atoms with Crippen molar-refractivity contribution >= 4 is 6.29 Å². The Kier molecular flexibility index (Phi) is 5.33. The van der Waals surface area contributed by atoms with Gasteiger partial charge in [0.25, 0.3) is 0 Å². The second-order valence-corrected chi connectivity index (χ2v) is 4.24. The molecule has 0 aromatic heterocycles. The monoisotopic (exact) mass is 250 g/mol. The zero-order valence-corrected chi connectivity index (χ0v) is 10.3. The molecule has 4 heteroatoms. The molecular weight excluding hydrogens is 232 g/mol. The maximum atomic E-state index is 10.6. The smallest absolute Gasteiger partial charge is 0.181 e. The van der Waals surface area contributed by atoms with Gasteiger partial charge in [-0.1, -0.05) is 30.3 Å². The minimum atomic E-state index is -0.488. The number of aryl methyl sites for hydroxylation is 1. The van der Waals surface area contributed by atoms with Crippen molar-refractivity contribution in [2.45, 2.75) is 25.2 Å². The normalized spacial score (nSPS) is 23.8. The molecule has 0 spiro atoms. The third-order valence-electron chi connectivity index (χ3n) is 2.77. The van der Waals surface area contributed by atoms with Gasteiger partial charge in [-0.05, 0) is 18.4 Å². The van der Waals surface area contributed by atoms with Crippen LogP contribution in [0.25, 0.3) is 0 Å². The molecule has 0 bridgehead atoms. The zero-order chi connectivity index (χ0) is 12.6. The quantitative estimate of drug-likeness (QED) is 0.568. The first-order valence-corrected chi connectivity index (χ1v) is 6.22. The van der Waals surface area contributed by atoms with Crippen LogP contribution in [-0.2, 0) is 25.4 Å². The number of carbonyl (C=O) groups excluding carboxylic acids is 1. The summed E-state index contributed by atoms with van der Waals surface area (Å²) >= 11 is 0. The number of benzene rings is 1. The summed E-state index contributed by atoms with van der Waals surface area (Å²) in [7, 11) is 0. The lowest BCUT2D eigenvalue weighted by Crippen LogP contribution is -2.38. The maximum Gasteiger partial charge on any atom is 0.181 e. The van der Waals surface area contributed by atoms with Gasteiger partial charge in [0.15, 0.2) is 12.6 Å². The fourth-order valence-electron chi connectivity index (χ4n) is 1.85. The second kappa shape index (κ2) is 7.26. The fraction of sp³-hybridized carbons (Fsp3) is 0.500. The van der Waals surface area contributed by atoms with Crippen LogP contribution in [-0.4, -0.2) is 38.5 Å². The van der Waals surface area contributed by atoms with E-state index < -0.39 is 12.4 Å². The van der Waals surface area contributed by atoms with Gasteiger partial charge in [0.2, 0.25) is 0 Å². The van der Waals surface area contributed by atoms with E-state index in [1.54, 1.807) is 0 Å². The highest BCUT2D eigenvalue weighted by atomic mass is 16.7. The number of ether oxygens (including phenoxy) is 3. The highest BCUT2D eigenvalue weighted by molar-refractivity contribution is 5.56. The Balaban J connectivity index is 1.62. The second-order valence-electron chi connectivity index (χ2n) is 4.24. The predicted octanol–water partition coefficient (Wildman–Crippen LogP) is 1.58. The summed E-state index contributed by atoms with van der Waals surface area (Å²) in [6.45, 7) is 1.33. The van der Waals surface area contributed by atoms with Crippen LogP contribution in [0.4, 0.5) is 0 Å². The Morgan fingerprint density at radius 1 is 1.28 bits per heavy atom.